The highest BCUT2D eigenvalue weighted by Crippen LogP contribution is 2.47. The fourth-order valence-corrected chi connectivity index (χ4v) is 9.24. The Bertz CT molecular complexity index is 970. The number of fused-ring (bicyclic) bond motifs is 1. The maximum Gasteiger partial charge on any atom is 0.0775 e. The smallest absolute Gasteiger partial charge is 0.0775 e. The van der Waals surface area contributed by atoms with Gasteiger partial charge in [0.1, 0.15) is 0 Å². The molecular weight excluding hydrogens is 368 g/mol. The van der Waals surface area contributed by atoms with Crippen molar-refractivity contribution in [2.75, 3.05) is 0 Å². The monoisotopic (exact) mass is 400 g/mol. The molecule has 2 aliphatic rings. The van der Waals surface area contributed by atoms with Crippen molar-refractivity contribution in [1.29, 1.82) is 0 Å². The van der Waals surface area contributed by atoms with Crippen molar-refractivity contribution in [2.24, 2.45) is 0 Å². The largest absolute Gasteiger partial charge is 0.0803 e. The Morgan fingerprint density at radius 1 is 0.750 bits per heavy atom. The van der Waals surface area contributed by atoms with Crippen LogP contribution in [0.15, 0.2) is 66.8 Å². The minimum Gasteiger partial charge on any atom is -0.0803 e. The number of allylic oxidation sites excluding steroid dienone is 5. The van der Waals surface area contributed by atoms with Gasteiger partial charge in [0.25, 0.3) is 0 Å². The van der Waals surface area contributed by atoms with Crippen LogP contribution in [-0.2, 0) is 0 Å². The Morgan fingerprint density at radius 2 is 1.39 bits per heavy atom. The molecule has 0 heterocycles. The Kier molecular flexibility index (Phi) is 4.75. The van der Waals surface area contributed by atoms with Crippen LogP contribution in [0, 0.1) is 6.92 Å². The van der Waals surface area contributed by atoms with Crippen molar-refractivity contribution in [2.45, 2.75) is 50.7 Å². The third-order valence-corrected chi connectivity index (χ3v) is 13.0. The van der Waals surface area contributed by atoms with Crippen LogP contribution in [0.3, 0.4) is 0 Å². The van der Waals surface area contributed by atoms with E-state index in [9.17, 15) is 0 Å². The van der Waals surface area contributed by atoms with Crippen molar-refractivity contribution in [3.05, 3.63) is 83.5 Å². The molecule has 0 spiro atoms. The third-order valence-electron chi connectivity index (χ3n) is 6.73. The van der Waals surface area contributed by atoms with E-state index in [1.54, 1.807) is 5.56 Å². The van der Waals surface area contributed by atoms with Crippen LogP contribution in [0.1, 0.15) is 22.2 Å². The maximum absolute atomic E-state index is 2.55. The third kappa shape index (κ3) is 3.23. The Balaban J connectivity index is 1.76. The summed E-state index contributed by atoms with van der Waals surface area (Å²) >= 11 is 0. The molecule has 0 radical (unpaired) electrons. The fourth-order valence-electron chi connectivity index (χ4n) is 4.80. The zero-order chi connectivity index (χ0) is 20.1. The van der Waals surface area contributed by atoms with Crippen molar-refractivity contribution in [1.82, 2.24) is 0 Å². The predicted molar refractivity (Wildman–Crippen MR) is 131 cm³/mol. The first-order valence-electron chi connectivity index (χ1n) is 10.5. The lowest BCUT2D eigenvalue weighted by Gasteiger charge is -2.34. The maximum atomic E-state index is 2.55. The number of hydrogen-bond acceptors (Lipinski definition) is 0. The van der Waals surface area contributed by atoms with E-state index in [-0.39, 0.29) is 0 Å². The van der Waals surface area contributed by atoms with E-state index in [1.807, 2.05) is 0 Å². The Labute approximate surface area is 172 Å². The van der Waals surface area contributed by atoms with Gasteiger partial charge in [-0.15, -0.1) is 0 Å². The van der Waals surface area contributed by atoms with Gasteiger partial charge in [-0.25, -0.2) is 0 Å². The minimum atomic E-state index is -1.52. The van der Waals surface area contributed by atoms with Gasteiger partial charge in [0.15, 0.2) is 0 Å². The lowest BCUT2D eigenvalue weighted by atomic mass is 9.93. The lowest BCUT2D eigenvalue weighted by Crippen LogP contribution is -2.37. The zero-order valence-electron chi connectivity index (χ0n) is 18.1. The van der Waals surface area contributed by atoms with E-state index < -0.39 is 16.1 Å². The Hall–Kier alpha value is -1.91. The summed E-state index contributed by atoms with van der Waals surface area (Å²) in [6, 6.07) is 14.2. The van der Waals surface area contributed by atoms with Crippen molar-refractivity contribution >= 4 is 27.4 Å². The summed E-state index contributed by atoms with van der Waals surface area (Å²) in [5, 5.41) is 1.53. The summed E-state index contributed by atoms with van der Waals surface area (Å²) in [5.74, 6) is 0. The number of hydrogen-bond donors (Lipinski definition) is 0. The van der Waals surface area contributed by atoms with E-state index >= 15 is 0 Å². The molecule has 0 saturated heterocycles. The van der Waals surface area contributed by atoms with Crippen molar-refractivity contribution < 1.29 is 0 Å². The summed E-state index contributed by atoms with van der Waals surface area (Å²) in [5.41, 5.74) is 8.39. The van der Waals surface area contributed by atoms with Gasteiger partial charge in [-0.2, -0.15) is 0 Å². The molecule has 4 rings (SSSR count). The van der Waals surface area contributed by atoms with Gasteiger partial charge in [-0.3, -0.25) is 0 Å². The van der Waals surface area contributed by atoms with Crippen LogP contribution < -0.4 is 5.19 Å². The van der Waals surface area contributed by atoms with Gasteiger partial charge < -0.3 is 0 Å². The van der Waals surface area contributed by atoms with Crippen LogP contribution in [-0.4, -0.2) is 16.1 Å². The molecular formula is C26H32Si2. The molecule has 2 aromatic carbocycles. The van der Waals surface area contributed by atoms with E-state index in [0.717, 1.165) is 0 Å². The molecule has 0 nitrogen and oxygen atoms in total. The van der Waals surface area contributed by atoms with E-state index in [1.165, 1.54) is 27.4 Å². The predicted octanol–water partition coefficient (Wildman–Crippen LogP) is 7.06. The van der Waals surface area contributed by atoms with Gasteiger partial charge in [0, 0.05) is 0 Å². The second-order valence-electron chi connectivity index (χ2n) is 10.0. The average Bonchev–Trinajstić information content (AvgIpc) is 3.31. The summed E-state index contributed by atoms with van der Waals surface area (Å²) in [6.45, 7) is 14.6. The summed E-state index contributed by atoms with van der Waals surface area (Å²) in [6.07, 6.45) is 14.2. The van der Waals surface area contributed by atoms with Crippen LogP contribution in [0.5, 0.6) is 0 Å². The molecule has 0 amide bonds. The molecule has 2 aliphatic carbocycles. The van der Waals surface area contributed by atoms with Gasteiger partial charge in [-0.1, -0.05) is 111 Å². The molecule has 2 heteroatoms. The average molecular weight is 401 g/mol. The molecule has 1 atom stereocenters. The van der Waals surface area contributed by atoms with E-state index in [2.05, 4.69) is 113 Å². The standard InChI is InChI=1S/C26H32Si2/c1-19-11-16-23-24(17-18-25(23)28(5,6)22-9-7-8-10-22)26(19)20-12-14-21(15-13-20)27(2,3)4/h7-18,22,25H,1-6H3. The summed E-state index contributed by atoms with van der Waals surface area (Å²) in [4.78, 5) is 0. The quantitative estimate of drug-likeness (QED) is 0.482. The highest BCUT2D eigenvalue weighted by atomic mass is 28.3. The molecule has 0 aliphatic heterocycles. The van der Waals surface area contributed by atoms with Crippen molar-refractivity contribution in [3.63, 3.8) is 0 Å². The van der Waals surface area contributed by atoms with E-state index in [4.69, 9.17) is 0 Å². The highest BCUT2D eigenvalue weighted by molar-refractivity contribution is 6.88. The van der Waals surface area contributed by atoms with Gasteiger partial charge in [0.2, 0.25) is 0 Å². The minimum absolute atomic E-state index is 0.584. The highest BCUT2D eigenvalue weighted by Gasteiger charge is 2.40. The molecule has 0 aromatic heterocycles. The van der Waals surface area contributed by atoms with Crippen LogP contribution >= 0.6 is 0 Å². The van der Waals surface area contributed by atoms with E-state index in [0.29, 0.717) is 11.1 Å². The molecule has 0 saturated carbocycles. The number of aryl methyl sites for hydroxylation is 1. The lowest BCUT2D eigenvalue weighted by molar-refractivity contribution is 1.09. The molecule has 1 unspecified atom stereocenters. The normalized spacial score (nSPS) is 18.9. The van der Waals surface area contributed by atoms with Crippen LogP contribution in [0.25, 0.3) is 17.2 Å². The van der Waals surface area contributed by atoms with Crippen LogP contribution in [0.2, 0.25) is 38.3 Å². The Morgan fingerprint density at radius 3 is 2.00 bits per heavy atom. The summed E-state index contributed by atoms with van der Waals surface area (Å²) < 4.78 is 0. The molecule has 28 heavy (non-hydrogen) atoms. The molecule has 0 N–H and O–H groups in total. The van der Waals surface area contributed by atoms with Crippen molar-refractivity contribution in [3.8, 4) is 11.1 Å². The van der Waals surface area contributed by atoms with Gasteiger partial charge >= 0.3 is 0 Å². The molecule has 0 fully saturated rings. The molecule has 0 bridgehead atoms. The van der Waals surface area contributed by atoms with Gasteiger partial charge in [0.05, 0.1) is 16.1 Å². The molecule has 144 valence electrons. The van der Waals surface area contributed by atoms with Gasteiger partial charge in [-0.05, 0) is 45.8 Å². The second-order valence-corrected chi connectivity index (χ2v) is 20.1. The SMILES string of the molecule is Cc1ccc2c(c1-c1ccc([Si](C)(C)C)cc1)C=CC2[Si](C)(C)C1C=CC=C1. The summed E-state index contributed by atoms with van der Waals surface area (Å²) in [7, 11) is -2.78. The van der Waals surface area contributed by atoms with Crippen LogP contribution in [0.4, 0.5) is 0 Å². The number of benzene rings is 2. The second kappa shape index (κ2) is 6.86. The topological polar surface area (TPSA) is 0 Å². The fraction of sp³-hybridized carbons (Fsp3) is 0.308. The first kappa shape index (κ1) is 19.4. The molecule has 2 aromatic rings. The first-order chi connectivity index (χ1) is 13.2. The first-order valence-corrected chi connectivity index (χ1v) is 17.1. The number of rotatable bonds is 4. The zero-order valence-corrected chi connectivity index (χ0v) is 20.1.